The lowest BCUT2D eigenvalue weighted by Crippen LogP contribution is -2.43. The molecule has 14 heavy (non-hydrogen) atoms. The van der Waals surface area contributed by atoms with Crippen LogP contribution in [0, 0.1) is 0 Å². The van der Waals surface area contributed by atoms with Gasteiger partial charge in [0.25, 0.3) is 0 Å². The van der Waals surface area contributed by atoms with Crippen LogP contribution in [0.3, 0.4) is 0 Å². The Balaban J connectivity index is 3.82. The van der Waals surface area contributed by atoms with Gasteiger partial charge in [-0.3, -0.25) is 0 Å². The molecule has 0 aliphatic heterocycles. The lowest BCUT2D eigenvalue weighted by molar-refractivity contribution is 0.0962. The molecule has 0 fully saturated rings. The molecule has 0 atom stereocenters. The quantitative estimate of drug-likeness (QED) is 0.442. The third-order valence-corrected chi connectivity index (χ3v) is 5.25. The van der Waals surface area contributed by atoms with Crippen LogP contribution >= 0.6 is 0 Å². The van der Waals surface area contributed by atoms with Crippen molar-refractivity contribution >= 4 is 8.80 Å². The predicted octanol–water partition coefficient (Wildman–Crippen LogP) is 2.83. The summed E-state index contributed by atoms with van der Waals surface area (Å²) in [5.74, 6) is 0. The van der Waals surface area contributed by atoms with Gasteiger partial charge in [0.2, 0.25) is 0 Å². The van der Waals surface area contributed by atoms with Crippen molar-refractivity contribution in [1.29, 1.82) is 0 Å². The Morgan fingerprint density at radius 2 is 1.57 bits per heavy atom. The molecule has 0 rings (SSSR count). The molecular formula is C10H24O3Si. The van der Waals surface area contributed by atoms with Crippen LogP contribution in [0.4, 0.5) is 0 Å². The van der Waals surface area contributed by atoms with E-state index in [-0.39, 0.29) is 0 Å². The van der Waals surface area contributed by atoms with Gasteiger partial charge in [-0.05, 0) is 6.42 Å². The van der Waals surface area contributed by atoms with Crippen molar-refractivity contribution in [3.8, 4) is 0 Å². The highest BCUT2D eigenvalue weighted by molar-refractivity contribution is 6.60. The summed E-state index contributed by atoms with van der Waals surface area (Å²) in [6.45, 7) is 5.07. The molecule has 0 saturated carbocycles. The lowest BCUT2D eigenvalue weighted by atomic mass is 10.3. The molecule has 0 N–H and O–H groups in total. The van der Waals surface area contributed by atoms with E-state index in [0.29, 0.717) is 0 Å². The molecule has 0 aliphatic rings. The van der Waals surface area contributed by atoms with E-state index in [1.807, 2.05) is 0 Å². The Kier molecular flexibility index (Phi) is 8.47. The summed E-state index contributed by atoms with van der Waals surface area (Å²) in [6.07, 6.45) is 4.57. The van der Waals surface area contributed by atoms with Crippen LogP contribution in [0.2, 0.25) is 6.04 Å². The highest BCUT2D eigenvalue weighted by Gasteiger charge is 2.37. The largest absolute Gasteiger partial charge is 0.500 e. The van der Waals surface area contributed by atoms with Gasteiger partial charge in [-0.15, -0.1) is 0 Å². The first-order valence-corrected chi connectivity index (χ1v) is 7.42. The fraction of sp³-hybridized carbons (Fsp3) is 1.00. The minimum Gasteiger partial charge on any atom is -0.377 e. The van der Waals surface area contributed by atoms with Crippen LogP contribution in [0.25, 0.3) is 0 Å². The summed E-state index contributed by atoms with van der Waals surface area (Å²) in [7, 11) is 1.08. The van der Waals surface area contributed by atoms with Crippen molar-refractivity contribution < 1.29 is 13.3 Å². The second-order valence-electron chi connectivity index (χ2n) is 3.40. The van der Waals surface area contributed by atoms with E-state index < -0.39 is 8.80 Å². The first-order valence-electron chi connectivity index (χ1n) is 5.49. The average molecular weight is 220 g/mol. The Hall–Kier alpha value is 0.0969. The third kappa shape index (κ3) is 5.10. The van der Waals surface area contributed by atoms with Crippen molar-refractivity contribution in [3.05, 3.63) is 0 Å². The molecule has 0 bridgehead atoms. The maximum Gasteiger partial charge on any atom is 0.500 e. The van der Waals surface area contributed by atoms with Gasteiger partial charge in [-0.2, -0.15) is 0 Å². The minimum absolute atomic E-state index is 0.766. The van der Waals surface area contributed by atoms with Gasteiger partial charge in [-0.1, -0.05) is 33.1 Å². The smallest absolute Gasteiger partial charge is 0.377 e. The number of hydrogen-bond acceptors (Lipinski definition) is 3. The molecule has 3 nitrogen and oxygen atoms in total. The number of unbranched alkanes of at least 4 members (excludes halogenated alkanes) is 2. The maximum atomic E-state index is 5.76. The third-order valence-electron chi connectivity index (χ3n) is 2.25. The number of rotatable bonds is 9. The van der Waals surface area contributed by atoms with E-state index in [4.69, 9.17) is 13.3 Å². The minimum atomic E-state index is -2.29. The molecule has 0 aromatic rings. The van der Waals surface area contributed by atoms with E-state index in [2.05, 4.69) is 13.8 Å². The molecular weight excluding hydrogens is 196 g/mol. The van der Waals surface area contributed by atoms with Gasteiger partial charge >= 0.3 is 8.80 Å². The second kappa shape index (κ2) is 8.41. The summed E-state index contributed by atoms with van der Waals surface area (Å²) in [5, 5.41) is 0. The van der Waals surface area contributed by atoms with E-state index in [9.17, 15) is 0 Å². The zero-order valence-corrected chi connectivity index (χ0v) is 11.0. The Morgan fingerprint density at radius 1 is 0.929 bits per heavy atom. The molecule has 4 heteroatoms. The van der Waals surface area contributed by atoms with Gasteiger partial charge in [-0.25, -0.2) is 0 Å². The Labute approximate surface area is 89.1 Å². The normalized spacial score (nSPS) is 12.0. The number of hydrogen-bond donors (Lipinski definition) is 0. The van der Waals surface area contributed by atoms with Crippen LogP contribution in [0.5, 0.6) is 0 Å². The summed E-state index contributed by atoms with van der Waals surface area (Å²) in [5.41, 5.74) is 0. The van der Waals surface area contributed by atoms with Crippen LogP contribution in [0.15, 0.2) is 0 Å². The topological polar surface area (TPSA) is 27.7 Å². The molecule has 0 spiro atoms. The maximum absolute atomic E-state index is 5.76. The van der Waals surface area contributed by atoms with Gasteiger partial charge in [0.15, 0.2) is 0 Å². The van der Waals surface area contributed by atoms with Crippen LogP contribution in [0.1, 0.15) is 39.5 Å². The monoisotopic (exact) mass is 220 g/mol. The SMILES string of the molecule is CCCCCO[Si](CCC)(OC)OC. The standard InChI is InChI=1S/C10H24O3Si/c1-5-7-8-9-13-14(11-3,12-4)10-6-2/h5-10H2,1-4H3. The Bertz CT molecular complexity index is 127. The highest BCUT2D eigenvalue weighted by atomic mass is 28.4. The van der Waals surface area contributed by atoms with Crippen LogP contribution in [-0.2, 0) is 13.3 Å². The molecule has 0 unspecified atom stereocenters. The van der Waals surface area contributed by atoms with E-state index in [1.54, 1.807) is 14.2 Å². The molecule has 0 aromatic carbocycles. The van der Waals surface area contributed by atoms with Gasteiger partial charge in [0, 0.05) is 26.9 Å². The van der Waals surface area contributed by atoms with Crippen LogP contribution < -0.4 is 0 Å². The van der Waals surface area contributed by atoms with E-state index in [0.717, 1.165) is 25.5 Å². The van der Waals surface area contributed by atoms with Gasteiger partial charge in [0.05, 0.1) is 0 Å². The zero-order chi connectivity index (χ0) is 10.9. The van der Waals surface area contributed by atoms with Crippen molar-refractivity contribution in [1.82, 2.24) is 0 Å². The highest BCUT2D eigenvalue weighted by Crippen LogP contribution is 2.16. The molecule has 0 saturated heterocycles. The summed E-state index contributed by atoms with van der Waals surface area (Å²) in [6, 6.07) is 0.909. The molecule has 0 heterocycles. The fourth-order valence-electron chi connectivity index (χ4n) is 1.36. The van der Waals surface area contributed by atoms with Gasteiger partial charge in [0.1, 0.15) is 0 Å². The van der Waals surface area contributed by atoms with E-state index >= 15 is 0 Å². The van der Waals surface area contributed by atoms with E-state index in [1.165, 1.54) is 12.8 Å². The first kappa shape index (κ1) is 14.1. The summed E-state index contributed by atoms with van der Waals surface area (Å²) in [4.78, 5) is 0. The molecule has 0 aliphatic carbocycles. The lowest BCUT2D eigenvalue weighted by Gasteiger charge is -2.25. The van der Waals surface area contributed by atoms with Crippen molar-refractivity contribution in [3.63, 3.8) is 0 Å². The second-order valence-corrected chi connectivity index (χ2v) is 6.37. The fourth-order valence-corrected chi connectivity index (χ4v) is 3.39. The van der Waals surface area contributed by atoms with Gasteiger partial charge < -0.3 is 13.3 Å². The van der Waals surface area contributed by atoms with Crippen LogP contribution in [-0.4, -0.2) is 29.6 Å². The Morgan fingerprint density at radius 3 is 2.00 bits per heavy atom. The summed E-state index contributed by atoms with van der Waals surface area (Å²) >= 11 is 0. The molecule has 86 valence electrons. The predicted molar refractivity (Wildman–Crippen MR) is 60.3 cm³/mol. The average Bonchev–Trinajstić information content (AvgIpc) is 2.23. The van der Waals surface area contributed by atoms with Crippen molar-refractivity contribution in [2.45, 2.75) is 45.6 Å². The molecule has 0 amide bonds. The van der Waals surface area contributed by atoms with Crippen molar-refractivity contribution in [2.75, 3.05) is 20.8 Å². The zero-order valence-electron chi connectivity index (χ0n) is 9.97. The van der Waals surface area contributed by atoms with Crippen molar-refractivity contribution in [2.24, 2.45) is 0 Å². The molecule has 0 radical (unpaired) electrons. The molecule has 0 aromatic heterocycles. The summed E-state index contributed by atoms with van der Waals surface area (Å²) < 4.78 is 16.6. The first-order chi connectivity index (χ1) is 6.74.